The number of likely N-dealkylation sites (tertiary alicyclic amines) is 2. The number of thiazole rings is 1. The number of halogens is 1. The Morgan fingerprint density at radius 3 is 2.36 bits per heavy atom. The maximum Gasteiger partial charge on any atom is 0.191 e. The first-order chi connectivity index (χ1) is 13.0. The number of nitrogens with one attached hydrogen (secondary N) is 2. The summed E-state index contributed by atoms with van der Waals surface area (Å²) < 4.78 is 0. The summed E-state index contributed by atoms with van der Waals surface area (Å²) in [5, 5.41) is 8.22. The molecule has 1 aromatic heterocycles. The van der Waals surface area contributed by atoms with Gasteiger partial charge < -0.3 is 15.5 Å². The van der Waals surface area contributed by atoms with E-state index in [-0.39, 0.29) is 29.5 Å². The third-order valence-corrected chi connectivity index (χ3v) is 7.31. The zero-order chi connectivity index (χ0) is 19.3. The fraction of sp³-hybridized carbons (Fsp3) is 0.800. The van der Waals surface area contributed by atoms with Crippen molar-refractivity contribution in [2.75, 3.05) is 46.8 Å². The molecular weight excluding hydrogens is 483 g/mol. The van der Waals surface area contributed by atoms with Crippen LogP contribution >= 0.6 is 35.3 Å². The Hall–Kier alpha value is -0.450. The highest BCUT2D eigenvalue weighted by Crippen LogP contribution is 2.30. The van der Waals surface area contributed by atoms with Crippen molar-refractivity contribution in [1.82, 2.24) is 25.4 Å². The predicted octanol–water partition coefficient (Wildman–Crippen LogP) is 2.99. The van der Waals surface area contributed by atoms with Gasteiger partial charge in [-0.3, -0.25) is 9.89 Å². The summed E-state index contributed by atoms with van der Waals surface area (Å²) >= 11 is 1.77. The fourth-order valence-electron chi connectivity index (χ4n) is 4.25. The smallest absolute Gasteiger partial charge is 0.191 e. The van der Waals surface area contributed by atoms with Crippen molar-refractivity contribution < 1.29 is 0 Å². The maximum atomic E-state index is 4.62. The Morgan fingerprint density at radius 1 is 1.11 bits per heavy atom. The third-order valence-electron chi connectivity index (χ3n) is 6.23. The highest BCUT2D eigenvalue weighted by molar-refractivity contribution is 14.0. The lowest BCUT2D eigenvalue weighted by Gasteiger charge is -2.50. The Kier molecular flexibility index (Phi) is 9.43. The number of hydrogen-bond acceptors (Lipinski definition) is 5. The van der Waals surface area contributed by atoms with Crippen molar-refractivity contribution >= 4 is 41.3 Å². The summed E-state index contributed by atoms with van der Waals surface area (Å²) in [5.74, 6) is 0.885. The molecule has 0 aliphatic carbocycles. The number of rotatable bonds is 5. The maximum absolute atomic E-state index is 4.62. The van der Waals surface area contributed by atoms with Crippen molar-refractivity contribution in [3.63, 3.8) is 0 Å². The van der Waals surface area contributed by atoms with Crippen LogP contribution in [0.2, 0.25) is 0 Å². The quantitative estimate of drug-likeness (QED) is 0.355. The molecule has 0 bridgehead atoms. The van der Waals surface area contributed by atoms with E-state index in [1.807, 2.05) is 7.05 Å². The molecule has 0 unspecified atom stereocenters. The Bertz CT molecular complexity index is 613. The summed E-state index contributed by atoms with van der Waals surface area (Å²) in [5.41, 5.74) is 1.40. The average molecular weight is 521 g/mol. The van der Waals surface area contributed by atoms with Crippen LogP contribution in [0.4, 0.5) is 0 Å². The monoisotopic (exact) mass is 520 g/mol. The first kappa shape index (κ1) is 23.8. The minimum atomic E-state index is 0. The molecule has 0 radical (unpaired) electrons. The Morgan fingerprint density at radius 2 is 1.79 bits per heavy atom. The van der Waals surface area contributed by atoms with Crippen molar-refractivity contribution in [2.45, 2.75) is 58.0 Å². The van der Waals surface area contributed by atoms with Gasteiger partial charge in [0.25, 0.3) is 0 Å². The lowest BCUT2D eigenvalue weighted by atomic mass is 9.84. The van der Waals surface area contributed by atoms with Crippen LogP contribution in [0.3, 0.4) is 0 Å². The van der Waals surface area contributed by atoms with Gasteiger partial charge in [0.2, 0.25) is 0 Å². The molecule has 2 aliphatic rings. The molecule has 160 valence electrons. The molecule has 0 saturated carbocycles. The fourth-order valence-corrected chi connectivity index (χ4v) is 5.12. The van der Waals surface area contributed by atoms with Gasteiger partial charge in [-0.1, -0.05) is 6.42 Å². The summed E-state index contributed by atoms with van der Waals surface area (Å²) in [6.45, 7) is 10.8. The van der Waals surface area contributed by atoms with Gasteiger partial charge in [-0.15, -0.1) is 35.3 Å². The number of hydrogen-bond donors (Lipinski definition) is 2. The zero-order valence-corrected chi connectivity index (χ0v) is 21.0. The summed E-state index contributed by atoms with van der Waals surface area (Å²) in [4.78, 5) is 15.6. The van der Waals surface area contributed by atoms with Crippen LogP contribution in [0.15, 0.2) is 4.99 Å². The van der Waals surface area contributed by atoms with Crippen LogP contribution in [0, 0.1) is 13.8 Å². The Balaban J connectivity index is 0.00000280. The molecule has 28 heavy (non-hydrogen) atoms. The zero-order valence-electron chi connectivity index (χ0n) is 17.9. The summed E-state index contributed by atoms with van der Waals surface area (Å²) in [7, 11) is 4.10. The first-order valence-corrected chi connectivity index (χ1v) is 11.1. The molecule has 2 N–H and O–H groups in total. The van der Waals surface area contributed by atoms with Crippen molar-refractivity contribution in [2.24, 2.45) is 4.99 Å². The molecule has 3 rings (SSSR count). The van der Waals surface area contributed by atoms with E-state index in [2.05, 4.69) is 51.3 Å². The molecular formula is C20H37IN6S. The summed E-state index contributed by atoms with van der Waals surface area (Å²) in [6.07, 6.45) is 6.53. The van der Waals surface area contributed by atoms with E-state index < -0.39 is 0 Å². The van der Waals surface area contributed by atoms with E-state index in [4.69, 9.17) is 0 Å². The topological polar surface area (TPSA) is 55.8 Å². The molecule has 0 spiro atoms. The SMILES string of the molecule is CN=C(NCc1nc(C)c(C)s1)NCC1(N2CCCCC2)CCN(C)CC1.I. The van der Waals surface area contributed by atoms with Crippen LogP contribution in [-0.2, 0) is 6.54 Å². The van der Waals surface area contributed by atoms with E-state index in [0.717, 1.165) is 29.8 Å². The molecule has 8 heteroatoms. The predicted molar refractivity (Wildman–Crippen MR) is 130 cm³/mol. The average Bonchev–Trinajstić information content (AvgIpc) is 3.02. The van der Waals surface area contributed by atoms with Gasteiger partial charge in [0.05, 0.1) is 12.2 Å². The molecule has 0 amide bonds. The van der Waals surface area contributed by atoms with Crippen molar-refractivity contribution in [1.29, 1.82) is 0 Å². The highest BCUT2D eigenvalue weighted by atomic mass is 127. The van der Waals surface area contributed by atoms with Gasteiger partial charge in [0.1, 0.15) is 5.01 Å². The second-order valence-corrected chi connectivity index (χ2v) is 9.39. The molecule has 0 atom stereocenters. The second kappa shape index (κ2) is 11.1. The lowest BCUT2D eigenvalue weighted by molar-refractivity contribution is 0.0173. The first-order valence-electron chi connectivity index (χ1n) is 10.3. The largest absolute Gasteiger partial charge is 0.355 e. The van der Waals surface area contributed by atoms with Crippen LogP contribution in [0.25, 0.3) is 0 Å². The number of piperidine rings is 2. The summed E-state index contributed by atoms with van der Waals surface area (Å²) in [6, 6.07) is 0. The van der Waals surface area contributed by atoms with Crippen LogP contribution in [0.5, 0.6) is 0 Å². The van der Waals surface area contributed by atoms with Gasteiger partial charge in [-0.25, -0.2) is 4.98 Å². The standard InChI is InChI=1S/C20H36N6S.HI/c1-16-17(2)27-18(24-16)14-22-19(21-3)23-15-20(8-12-25(4)13-9-20)26-10-6-5-7-11-26;/h5-15H2,1-4H3,(H2,21,22,23);1H. The second-order valence-electron chi connectivity index (χ2n) is 8.10. The number of aromatic nitrogens is 1. The molecule has 6 nitrogen and oxygen atoms in total. The molecule has 2 fully saturated rings. The van der Waals surface area contributed by atoms with Gasteiger partial charge in [0, 0.05) is 24.0 Å². The minimum absolute atomic E-state index is 0. The molecule has 2 saturated heterocycles. The minimum Gasteiger partial charge on any atom is -0.355 e. The molecule has 2 aliphatic heterocycles. The van der Waals surface area contributed by atoms with E-state index in [1.165, 1.54) is 63.2 Å². The lowest BCUT2D eigenvalue weighted by Crippen LogP contribution is -2.62. The van der Waals surface area contributed by atoms with Crippen LogP contribution in [0.1, 0.15) is 47.7 Å². The van der Waals surface area contributed by atoms with Crippen molar-refractivity contribution in [3.8, 4) is 0 Å². The van der Waals surface area contributed by atoms with Crippen LogP contribution < -0.4 is 10.6 Å². The molecule has 0 aromatic carbocycles. The number of aliphatic imine (C=N–C) groups is 1. The number of nitrogens with zero attached hydrogens (tertiary/aromatic N) is 4. The van der Waals surface area contributed by atoms with E-state index in [9.17, 15) is 0 Å². The van der Waals surface area contributed by atoms with E-state index >= 15 is 0 Å². The van der Waals surface area contributed by atoms with Gasteiger partial charge in [-0.05, 0) is 72.8 Å². The van der Waals surface area contributed by atoms with E-state index in [1.54, 1.807) is 11.3 Å². The van der Waals surface area contributed by atoms with Crippen molar-refractivity contribution in [3.05, 3.63) is 15.6 Å². The van der Waals surface area contributed by atoms with Gasteiger partial charge in [-0.2, -0.15) is 0 Å². The highest BCUT2D eigenvalue weighted by Gasteiger charge is 2.39. The Labute approximate surface area is 191 Å². The van der Waals surface area contributed by atoms with E-state index in [0.29, 0.717) is 0 Å². The normalized spacial score (nSPS) is 21.2. The van der Waals surface area contributed by atoms with Gasteiger partial charge >= 0.3 is 0 Å². The number of aryl methyl sites for hydroxylation is 2. The van der Waals surface area contributed by atoms with Gasteiger partial charge in [0.15, 0.2) is 5.96 Å². The van der Waals surface area contributed by atoms with Crippen LogP contribution in [-0.4, -0.2) is 73.1 Å². The third kappa shape index (κ3) is 6.03. The number of guanidine groups is 1. The molecule has 1 aromatic rings. The molecule has 3 heterocycles.